The van der Waals surface area contributed by atoms with Crippen LogP contribution in [0.2, 0.25) is 5.02 Å². The summed E-state index contributed by atoms with van der Waals surface area (Å²) in [6.45, 7) is 0.759. The van der Waals surface area contributed by atoms with E-state index in [0.717, 1.165) is 0 Å². The van der Waals surface area contributed by atoms with Gasteiger partial charge in [-0.3, -0.25) is 14.9 Å². The van der Waals surface area contributed by atoms with Crippen LogP contribution in [0.4, 0.5) is 11.4 Å². The highest BCUT2D eigenvalue weighted by Gasteiger charge is 2.32. The summed E-state index contributed by atoms with van der Waals surface area (Å²) in [6.07, 6.45) is 0.485. The smallest absolute Gasteiger partial charge is 0.310 e. The maximum absolute atomic E-state index is 11.0. The van der Waals surface area contributed by atoms with Gasteiger partial charge in [0, 0.05) is 13.1 Å². The van der Waals surface area contributed by atoms with Gasteiger partial charge in [0.05, 0.1) is 10.8 Å². The molecule has 1 N–H and O–H groups in total. The van der Waals surface area contributed by atoms with Crippen molar-refractivity contribution in [1.29, 1.82) is 0 Å². The van der Waals surface area contributed by atoms with Crippen molar-refractivity contribution in [2.45, 2.75) is 6.42 Å². The summed E-state index contributed by atoms with van der Waals surface area (Å²) in [5.41, 5.74) is 0.224. The zero-order valence-electron chi connectivity index (χ0n) is 9.38. The molecule has 7 heteroatoms. The highest BCUT2D eigenvalue weighted by atomic mass is 35.5. The number of rotatable bonds is 3. The second kappa shape index (κ2) is 4.81. The Morgan fingerprint density at radius 3 is 2.83 bits per heavy atom. The molecule has 1 aromatic carbocycles. The van der Waals surface area contributed by atoms with Crippen LogP contribution in [-0.2, 0) is 4.79 Å². The van der Waals surface area contributed by atoms with Gasteiger partial charge in [-0.05, 0) is 18.6 Å². The van der Waals surface area contributed by atoms with Gasteiger partial charge in [-0.1, -0.05) is 17.7 Å². The van der Waals surface area contributed by atoms with Crippen LogP contribution in [0.25, 0.3) is 0 Å². The molecule has 1 heterocycles. The summed E-state index contributed by atoms with van der Waals surface area (Å²) in [5, 5.41) is 20.0. The van der Waals surface area contributed by atoms with Crippen molar-refractivity contribution in [1.82, 2.24) is 0 Å². The van der Waals surface area contributed by atoms with Gasteiger partial charge in [0.15, 0.2) is 0 Å². The van der Waals surface area contributed by atoms with Crippen LogP contribution in [0.15, 0.2) is 18.2 Å². The molecule has 0 spiro atoms. The number of benzene rings is 1. The average molecular weight is 271 g/mol. The number of para-hydroxylation sites is 1. The van der Waals surface area contributed by atoms with Gasteiger partial charge in [0.2, 0.25) is 0 Å². The van der Waals surface area contributed by atoms with Crippen LogP contribution in [0, 0.1) is 16.0 Å². The molecule has 1 saturated heterocycles. The first kappa shape index (κ1) is 12.6. The number of carbonyl (C=O) groups is 1. The Balaban J connectivity index is 2.32. The Morgan fingerprint density at radius 2 is 2.28 bits per heavy atom. The number of hydrogen-bond donors (Lipinski definition) is 1. The number of carboxylic acids is 1. The highest BCUT2D eigenvalue weighted by molar-refractivity contribution is 6.33. The normalized spacial score (nSPS) is 18.9. The molecule has 18 heavy (non-hydrogen) atoms. The van der Waals surface area contributed by atoms with Crippen LogP contribution in [0.1, 0.15) is 6.42 Å². The highest BCUT2D eigenvalue weighted by Crippen LogP contribution is 2.37. The summed E-state index contributed by atoms with van der Waals surface area (Å²) < 4.78 is 0. The lowest BCUT2D eigenvalue weighted by Crippen LogP contribution is -2.23. The molecule has 1 aliphatic rings. The van der Waals surface area contributed by atoms with Crippen molar-refractivity contribution >= 4 is 28.9 Å². The lowest BCUT2D eigenvalue weighted by molar-refractivity contribution is -0.384. The van der Waals surface area contributed by atoms with Gasteiger partial charge < -0.3 is 10.0 Å². The third-order valence-corrected chi connectivity index (χ3v) is 3.33. The van der Waals surface area contributed by atoms with Crippen molar-refractivity contribution in [2.24, 2.45) is 5.92 Å². The Hall–Kier alpha value is -1.82. The van der Waals surface area contributed by atoms with Crippen molar-refractivity contribution in [2.75, 3.05) is 18.0 Å². The molecule has 96 valence electrons. The van der Waals surface area contributed by atoms with Crippen molar-refractivity contribution in [3.8, 4) is 0 Å². The number of hydrogen-bond acceptors (Lipinski definition) is 4. The van der Waals surface area contributed by atoms with Crippen molar-refractivity contribution in [3.63, 3.8) is 0 Å². The predicted molar refractivity (Wildman–Crippen MR) is 66.1 cm³/mol. The molecule has 0 saturated carbocycles. The topological polar surface area (TPSA) is 83.7 Å². The van der Waals surface area contributed by atoms with E-state index in [1.165, 1.54) is 6.07 Å². The van der Waals surface area contributed by atoms with E-state index < -0.39 is 16.8 Å². The van der Waals surface area contributed by atoms with E-state index in [1.54, 1.807) is 17.0 Å². The number of nitro groups is 1. The number of carboxylic acid groups (broad SMARTS) is 1. The number of nitrogens with zero attached hydrogens (tertiary/aromatic N) is 2. The fourth-order valence-corrected chi connectivity index (χ4v) is 2.36. The van der Waals surface area contributed by atoms with Crippen LogP contribution >= 0.6 is 11.6 Å². The van der Waals surface area contributed by atoms with Gasteiger partial charge in [0.1, 0.15) is 10.7 Å². The van der Waals surface area contributed by atoms with E-state index >= 15 is 0 Å². The molecule has 0 bridgehead atoms. The summed E-state index contributed by atoms with van der Waals surface area (Å²) >= 11 is 5.82. The van der Waals surface area contributed by atoms with E-state index in [2.05, 4.69) is 0 Å². The Bertz CT molecular complexity index is 506. The van der Waals surface area contributed by atoms with E-state index in [4.69, 9.17) is 16.7 Å². The standard InChI is InChI=1S/C11H11ClN2O4/c12-8-2-1-3-9(10(8)14(17)18)13-5-4-7(6-13)11(15)16/h1-3,7H,4-6H2,(H,15,16). The van der Waals surface area contributed by atoms with Gasteiger partial charge in [-0.2, -0.15) is 0 Å². The molecular weight excluding hydrogens is 260 g/mol. The number of anilines is 1. The summed E-state index contributed by atoms with van der Waals surface area (Å²) in [4.78, 5) is 23.0. The number of halogens is 1. The SMILES string of the molecule is O=C(O)C1CCN(c2cccc(Cl)c2[N+](=O)[O-])C1. The van der Waals surface area contributed by atoms with Crippen LogP contribution in [0.5, 0.6) is 0 Å². The first-order valence-electron chi connectivity index (χ1n) is 5.41. The van der Waals surface area contributed by atoms with Gasteiger partial charge in [-0.15, -0.1) is 0 Å². The minimum Gasteiger partial charge on any atom is -0.481 e. The Kier molecular flexibility index (Phi) is 3.38. The molecule has 1 aliphatic heterocycles. The fraction of sp³-hybridized carbons (Fsp3) is 0.364. The summed E-state index contributed by atoms with van der Waals surface area (Å²) in [5.74, 6) is -1.36. The van der Waals surface area contributed by atoms with Gasteiger partial charge in [0.25, 0.3) is 0 Å². The van der Waals surface area contributed by atoms with E-state index in [1.807, 2.05) is 0 Å². The monoisotopic (exact) mass is 270 g/mol. The summed E-state index contributed by atoms with van der Waals surface area (Å²) in [7, 11) is 0. The molecule has 1 unspecified atom stereocenters. The second-order valence-electron chi connectivity index (χ2n) is 4.13. The quantitative estimate of drug-likeness (QED) is 0.672. The largest absolute Gasteiger partial charge is 0.481 e. The molecule has 0 amide bonds. The van der Waals surface area contributed by atoms with E-state index in [-0.39, 0.29) is 17.3 Å². The predicted octanol–water partition coefficient (Wildman–Crippen LogP) is 2.16. The van der Waals surface area contributed by atoms with Crippen molar-refractivity contribution in [3.05, 3.63) is 33.3 Å². The molecule has 0 aliphatic carbocycles. The minimum absolute atomic E-state index is 0.0660. The average Bonchev–Trinajstić information content (AvgIpc) is 2.77. The second-order valence-corrected chi connectivity index (χ2v) is 4.54. The van der Waals surface area contributed by atoms with E-state index in [0.29, 0.717) is 18.7 Å². The minimum atomic E-state index is -0.873. The lowest BCUT2D eigenvalue weighted by atomic mass is 10.1. The van der Waals surface area contributed by atoms with Crippen molar-refractivity contribution < 1.29 is 14.8 Å². The molecular formula is C11H11ClN2O4. The van der Waals surface area contributed by atoms with Crippen LogP contribution < -0.4 is 4.90 Å². The lowest BCUT2D eigenvalue weighted by Gasteiger charge is -2.18. The number of nitro benzene ring substituents is 1. The van der Waals surface area contributed by atoms with E-state index in [9.17, 15) is 14.9 Å². The molecule has 2 rings (SSSR count). The maximum atomic E-state index is 11.0. The zero-order chi connectivity index (χ0) is 13.3. The van der Waals surface area contributed by atoms with Gasteiger partial charge in [-0.25, -0.2) is 0 Å². The molecule has 1 atom stereocenters. The first-order chi connectivity index (χ1) is 8.50. The molecule has 1 aromatic rings. The number of aliphatic carboxylic acids is 1. The molecule has 0 radical (unpaired) electrons. The third-order valence-electron chi connectivity index (χ3n) is 3.03. The Labute approximate surface area is 108 Å². The maximum Gasteiger partial charge on any atom is 0.310 e. The summed E-state index contributed by atoms with van der Waals surface area (Å²) in [6, 6.07) is 4.67. The molecule has 0 aromatic heterocycles. The third kappa shape index (κ3) is 2.24. The molecule has 1 fully saturated rings. The first-order valence-corrected chi connectivity index (χ1v) is 5.79. The van der Waals surface area contributed by atoms with Crippen LogP contribution in [0.3, 0.4) is 0 Å². The molecule has 6 nitrogen and oxygen atoms in total. The Morgan fingerprint density at radius 1 is 1.56 bits per heavy atom. The van der Waals surface area contributed by atoms with Crippen LogP contribution in [-0.4, -0.2) is 29.1 Å². The zero-order valence-corrected chi connectivity index (χ0v) is 10.1. The van der Waals surface area contributed by atoms with Gasteiger partial charge >= 0.3 is 11.7 Å². The fourth-order valence-electron chi connectivity index (χ4n) is 2.12.